The number of nitrogens with one attached hydrogen (secondary N) is 2. The molecule has 1 aromatic rings. The predicted molar refractivity (Wildman–Crippen MR) is 47.4 cm³/mol. The second-order valence-electron chi connectivity index (χ2n) is 3.79. The molecular weight excluding hydrogens is 166 g/mol. The summed E-state index contributed by atoms with van der Waals surface area (Å²) in [6.07, 6.45) is 3.89. The number of nitrogens with zero attached hydrogens (tertiary/aromatic N) is 1. The highest BCUT2D eigenvalue weighted by Crippen LogP contribution is 2.33. The average Bonchev–Trinajstić information content (AvgIpc) is 2.74. The van der Waals surface area contributed by atoms with Gasteiger partial charge in [0.2, 0.25) is 0 Å². The smallest absolute Gasteiger partial charge is 0.0926 e. The molecular formula is C9H13N3O. The molecule has 3 heterocycles. The lowest BCUT2D eigenvalue weighted by Gasteiger charge is -2.32. The van der Waals surface area contributed by atoms with E-state index < -0.39 is 0 Å². The zero-order chi connectivity index (χ0) is 8.73. The van der Waals surface area contributed by atoms with Crippen molar-refractivity contribution in [2.24, 2.45) is 0 Å². The Balaban J connectivity index is 2.08. The van der Waals surface area contributed by atoms with Crippen molar-refractivity contribution >= 4 is 0 Å². The summed E-state index contributed by atoms with van der Waals surface area (Å²) in [6, 6.07) is 0. The lowest BCUT2D eigenvalue weighted by Crippen LogP contribution is -2.48. The predicted octanol–water partition coefficient (Wildman–Crippen LogP) is 0.171. The number of hydrogen-bond acceptors (Lipinski definition) is 3. The first kappa shape index (κ1) is 7.53. The molecule has 0 saturated carbocycles. The van der Waals surface area contributed by atoms with Crippen molar-refractivity contribution in [1.82, 2.24) is 15.3 Å². The molecule has 1 aromatic heterocycles. The molecule has 0 radical (unpaired) electrons. The van der Waals surface area contributed by atoms with Gasteiger partial charge in [0.1, 0.15) is 0 Å². The molecule has 70 valence electrons. The average molecular weight is 179 g/mol. The molecule has 1 spiro atoms. The molecule has 1 fully saturated rings. The molecule has 0 unspecified atom stereocenters. The largest absolute Gasteiger partial charge is 0.379 e. The van der Waals surface area contributed by atoms with Crippen LogP contribution in [0.3, 0.4) is 0 Å². The zero-order valence-electron chi connectivity index (χ0n) is 7.47. The Labute approximate surface area is 76.7 Å². The Bertz CT molecular complexity index is 314. The van der Waals surface area contributed by atoms with Crippen LogP contribution in [0, 0.1) is 0 Å². The van der Waals surface area contributed by atoms with Crippen LogP contribution in [0.1, 0.15) is 17.8 Å². The summed E-state index contributed by atoms with van der Waals surface area (Å²) >= 11 is 0. The lowest BCUT2D eigenvalue weighted by molar-refractivity contribution is 0.162. The number of imidazole rings is 1. The number of hydrogen-bond donors (Lipinski definition) is 2. The number of aromatic amines is 1. The summed E-state index contributed by atoms with van der Waals surface area (Å²) in [4.78, 5) is 7.60. The van der Waals surface area contributed by atoms with Gasteiger partial charge in [-0.2, -0.15) is 0 Å². The van der Waals surface area contributed by atoms with E-state index in [0.29, 0.717) is 0 Å². The fourth-order valence-corrected chi connectivity index (χ4v) is 2.33. The first-order chi connectivity index (χ1) is 6.41. The van der Waals surface area contributed by atoms with Crippen LogP contribution in [0.15, 0.2) is 6.33 Å². The van der Waals surface area contributed by atoms with Crippen molar-refractivity contribution in [3.8, 4) is 0 Å². The van der Waals surface area contributed by atoms with Gasteiger partial charge >= 0.3 is 0 Å². The van der Waals surface area contributed by atoms with E-state index in [9.17, 15) is 0 Å². The molecule has 1 saturated heterocycles. The lowest BCUT2D eigenvalue weighted by atomic mass is 9.89. The maximum Gasteiger partial charge on any atom is 0.0926 e. The van der Waals surface area contributed by atoms with Gasteiger partial charge in [-0.1, -0.05) is 0 Å². The second kappa shape index (κ2) is 2.56. The van der Waals surface area contributed by atoms with Crippen LogP contribution in [0.4, 0.5) is 0 Å². The summed E-state index contributed by atoms with van der Waals surface area (Å²) in [6.45, 7) is 2.64. The molecule has 0 bridgehead atoms. The van der Waals surface area contributed by atoms with Crippen LogP contribution in [0.25, 0.3) is 0 Å². The highest BCUT2D eigenvalue weighted by atomic mass is 16.5. The third-order valence-electron chi connectivity index (χ3n) is 3.03. The molecule has 3 rings (SSSR count). The number of ether oxygens (including phenoxy) is 1. The molecule has 0 aromatic carbocycles. The Hall–Kier alpha value is -0.870. The second-order valence-corrected chi connectivity index (χ2v) is 3.79. The summed E-state index contributed by atoms with van der Waals surface area (Å²) < 4.78 is 5.45. The van der Waals surface area contributed by atoms with Crippen LogP contribution < -0.4 is 5.32 Å². The first-order valence-electron chi connectivity index (χ1n) is 4.76. The molecule has 2 N–H and O–H groups in total. The van der Waals surface area contributed by atoms with Crippen molar-refractivity contribution in [3.05, 3.63) is 17.7 Å². The van der Waals surface area contributed by atoms with E-state index in [1.807, 2.05) is 0 Å². The van der Waals surface area contributed by atoms with E-state index in [4.69, 9.17) is 4.74 Å². The third-order valence-corrected chi connectivity index (χ3v) is 3.03. The third kappa shape index (κ3) is 0.957. The zero-order valence-corrected chi connectivity index (χ0v) is 7.47. The van der Waals surface area contributed by atoms with Crippen LogP contribution in [-0.4, -0.2) is 29.7 Å². The molecule has 0 aliphatic carbocycles. The molecule has 13 heavy (non-hydrogen) atoms. The van der Waals surface area contributed by atoms with Gasteiger partial charge in [-0.15, -0.1) is 0 Å². The van der Waals surface area contributed by atoms with Crippen molar-refractivity contribution in [2.45, 2.75) is 18.4 Å². The van der Waals surface area contributed by atoms with Crippen molar-refractivity contribution in [2.75, 3.05) is 19.8 Å². The summed E-state index contributed by atoms with van der Waals surface area (Å²) in [5.41, 5.74) is 2.48. The fourth-order valence-electron chi connectivity index (χ4n) is 2.33. The van der Waals surface area contributed by atoms with Gasteiger partial charge in [0.15, 0.2) is 0 Å². The monoisotopic (exact) mass is 179 g/mol. The summed E-state index contributed by atoms with van der Waals surface area (Å²) in [5, 5.41) is 3.53. The Kier molecular flexibility index (Phi) is 1.48. The maximum atomic E-state index is 5.45. The van der Waals surface area contributed by atoms with Gasteiger partial charge in [0.05, 0.1) is 24.2 Å². The number of rotatable bonds is 0. The van der Waals surface area contributed by atoms with Crippen LogP contribution in [0.2, 0.25) is 0 Å². The summed E-state index contributed by atoms with van der Waals surface area (Å²) in [7, 11) is 0. The highest BCUT2D eigenvalue weighted by molar-refractivity contribution is 5.26. The van der Waals surface area contributed by atoms with Crippen LogP contribution >= 0.6 is 0 Å². The summed E-state index contributed by atoms with van der Waals surface area (Å²) in [5.74, 6) is 0. The van der Waals surface area contributed by atoms with Gasteiger partial charge in [-0.05, 0) is 6.42 Å². The molecule has 1 atom stereocenters. The highest BCUT2D eigenvalue weighted by Gasteiger charge is 2.41. The normalized spacial score (nSPS) is 32.3. The minimum absolute atomic E-state index is 0.0214. The van der Waals surface area contributed by atoms with E-state index in [2.05, 4.69) is 15.3 Å². The molecule has 2 aliphatic heterocycles. The van der Waals surface area contributed by atoms with Gasteiger partial charge in [-0.3, -0.25) is 0 Å². The van der Waals surface area contributed by atoms with E-state index in [1.165, 1.54) is 11.4 Å². The molecule has 4 heteroatoms. The topological polar surface area (TPSA) is 49.9 Å². The van der Waals surface area contributed by atoms with Gasteiger partial charge in [0, 0.05) is 25.3 Å². The molecule has 0 amide bonds. The van der Waals surface area contributed by atoms with Gasteiger partial charge in [-0.25, -0.2) is 4.98 Å². The van der Waals surface area contributed by atoms with E-state index in [1.54, 1.807) is 6.33 Å². The maximum absolute atomic E-state index is 5.45. The Morgan fingerprint density at radius 1 is 1.54 bits per heavy atom. The van der Waals surface area contributed by atoms with Gasteiger partial charge in [0.25, 0.3) is 0 Å². The molecule has 4 nitrogen and oxygen atoms in total. The van der Waals surface area contributed by atoms with Gasteiger partial charge < -0.3 is 15.0 Å². The minimum atomic E-state index is 0.0214. The van der Waals surface area contributed by atoms with E-state index >= 15 is 0 Å². The molecule has 2 aliphatic rings. The fraction of sp³-hybridized carbons (Fsp3) is 0.667. The minimum Gasteiger partial charge on any atom is -0.379 e. The number of fused-ring (bicyclic) bond motifs is 2. The first-order valence-corrected chi connectivity index (χ1v) is 4.76. The van der Waals surface area contributed by atoms with E-state index in [-0.39, 0.29) is 5.54 Å². The van der Waals surface area contributed by atoms with Crippen molar-refractivity contribution < 1.29 is 4.74 Å². The van der Waals surface area contributed by atoms with Crippen LogP contribution in [-0.2, 0) is 16.7 Å². The number of H-pyrrole nitrogens is 1. The van der Waals surface area contributed by atoms with E-state index in [0.717, 1.165) is 32.6 Å². The van der Waals surface area contributed by atoms with Crippen molar-refractivity contribution in [1.29, 1.82) is 0 Å². The SMILES string of the molecule is c1nc2c([nH]1)CCN[C@]21CCOC1. The van der Waals surface area contributed by atoms with Crippen molar-refractivity contribution in [3.63, 3.8) is 0 Å². The quantitative estimate of drug-likeness (QED) is 0.597. The standard InChI is InChI=1S/C9H13N3O/c1-3-12-9(2-4-13-5-9)8-7(1)10-6-11-8/h6,12H,1-5H2,(H,10,11)/t9-/m0/s1. The van der Waals surface area contributed by atoms with Crippen LogP contribution in [0.5, 0.6) is 0 Å². The Morgan fingerprint density at radius 3 is 3.38 bits per heavy atom. The number of aromatic nitrogens is 2. The Morgan fingerprint density at radius 2 is 2.54 bits per heavy atom.